The first-order chi connectivity index (χ1) is 7.31. The molecule has 1 heterocycles. The topological polar surface area (TPSA) is 59.8 Å². The molecule has 0 amide bonds. The quantitative estimate of drug-likeness (QED) is 0.775. The number of aromatic amines is 1. The Bertz CT molecular complexity index is 465. The van der Waals surface area contributed by atoms with E-state index in [-0.39, 0.29) is 0 Å². The van der Waals surface area contributed by atoms with Crippen LogP contribution in [-0.4, -0.2) is 10.1 Å². The van der Waals surface area contributed by atoms with Crippen LogP contribution in [0.5, 0.6) is 0 Å². The number of nitriles is 1. The molecule has 1 aromatic carbocycles. The Morgan fingerprint density at radius 3 is 2.47 bits per heavy atom. The molecule has 74 valence electrons. The van der Waals surface area contributed by atoms with E-state index in [4.69, 9.17) is 5.26 Å². The summed E-state index contributed by atoms with van der Waals surface area (Å²) in [6, 6.07) is 12.6. The number of H-pyrrole nitrogens is 1. The van der Waals surface area contributed by atoms with Gasteiger partial charge in [0.2, 0.25) is 0 Å². The van der Waals surface area contributed by atoms with Crippen molar-refractivity contribution in [3.8, 4) is 6.07 Å². The number of nitrogens with one attached hydrogen (secondary N) is 1. The molecule has 3 heteroatoms. The number of aliphatic hydroxyl groups is 1. The standard InChI is InChI=1S/C12H10N2O/c13-8-9-3-5-10(6-4-9)12(15)11-2-1-7-14-11/h1-7,12,14-15H. The highest BCUT2D eigenvalue weighted by Gasteiger charge is 2.10. The lowest BCUT2D eigenvalue weighted by atomic mass is 10.1. The summed E-state index contributed by atoms with van der Waals surface area (Å²) >= 11 is 0. The predicted molar refractivity (Wildman–Crippen MR) is 56.0 cm³/mol. The smallest absolute Gasteiger partial charge is 0.119 e. The molecule has 15 heavy (non-hydrogen) atoms. The summed E-state index contributed by atoms with van der Waals surface area (Å²) in [4.78, 5) is 2.95. The van der Waals surface area contributed by atoms with Crippen LogP contribution in [0.4, 0.5) is 0 Å². The Hall–Kier alpha value is -2.05. The number of aromatic nitrogens is 1. The van der Waals surface area contributed by atoms with Crippen molar-refractivity contribution in [3.05, 3.63) is 59.4 Å². The number of hydrogen-bond donors (Lipinski definition) is 2. The van der Waals surface area contributed by atoms with E-state index in [1.54, 1.807) is 30.5 Å². The van der Waals surface area contributed by atoms with Gasteiger partial charge in [-0.1, -0.05) is 12.1 Å². The van der Waals surface area contributed by atoms with Gasteiger partial charge in [0.25, 0.3) is 0 Å². The molecule has 0 aliphatic rings. The maximum absolute atomic E-state index is 9.93. The van der Waals surface area contributed by atoms with E-state index in [1.165, 1.54) is 0 Å². The fourth-order valence-electron chi connectivity index (χ4n) is 1.43. The van der Waals surface area contributed by atoms with Gasteiger partial charge >= 0.3 is 0 Å². The average molecular weight is 198 g/mol. The van der Waals surface area contributed by atoms with Gasteiger partial charge in [0.15, 0.2) is 0 Å². The number of benzene rings is 1. The Morgan fingerprint density at radius 1 is 1.20 bits per heavy atom. The molecule has 0 saturated carbocycles. The second-order valence-electron chi connectivity index (χ2n) is 3.26. The third kappa shape index (κ3) is 1.90. The van der Waals surface area contributed by atoms with E-state index in [1.807, 2.05) is 18.2 Å². The monoisotopic (exact) mass is 198 g/mol. The van der Waals surface area contributed by atoms with Gasteiger partial charge in [0.1, 0.15) is 6.10 Å². The van der Waals surface area contributed by atoms with Gasteiger partial charge in [-0.3, -0.25) is 0 Å². The molecule has 0 spiro atoms. The normalized spacial score (nSPS) is 12.0. The first-order valence-electron chi connectivity index (χ1n) is 4.62. The summed E-state index contributed by atoms with van der Waals surface area (Å²) < 4.78 is 0. The molecule has 0 radical (unpaired) electrons. The van der Waals surface area contributed by atoms with Gasteiger partial charge in [-0.2, -0.15) is 5.26 Å². The summed E-state index contributed by atoms with van der Waals surface area (Å²) in [5.74, 6) is 0. The minimum absolute atomic E-state index is 0.595. The van der Waals surface area contributed by atoms with Crippen molar-refractivity contribution >= 4 is 0 Å². The number of hydrogen-bond acceptors (Lipinski definition) is 2. The Morgan fingerprint density at radius 2 is 1.93 bits per heavy atom. The van der Waals surface area contributed by atoms with Crippen molar-refractivity contribution in [2.24, 2.45) is 0 Å². The fraction of sp³-hybridized carbons (Fsp3) is 0.0833. The third-order valence-electron chi connectivity index (χ3n) is 2.27. The van der Waals surface area contributed by atoms with E-state index < -0.39 is 6.10 Å². The highest BCUT2D eigenvalue weighted by molar-refractivity contribution is 5.34. The number of nitrogens with zero attached hydrogens (tertiary/aromatic N) is 1. The Balaban J connectivity index is 2.27. The SMILES string of the molecule is N#Cc1ccc(C(O)c2ccc[nH]2)cc1. The largest absolute Gasteiger partial charge is 0.382 e. The fourth-order valence-corrected chi connectivity index (χ4v) is 1.43. The van der Waals surface area contributed by atoms with Crippen LogP contribution < -0.4 is 0 Å². The first kappa shape index (κ1) is 9.50. The zero-order valence-corrected chi connectivity index (χ0v) is 8.01. The van der Waals surface area contributed by atoms with Crippen LogP contribution in [0, 0.1) is 11.3 Å². The van der Waals surface area contributed by atoms with Crippen LogP contribution >= 0.6 is 0 Å². The van der Waals surface area contributed by atoms with Crippen molar-refractivity contribution in [1.29, 1.82) is 5.26 Å². The molecule has 0 fully saturated rings. The second-order valence-corrected chi connectivity index (χ2v) is 3.26. The summed E-state index contributed by atoms with van der Waals surface area (Å²) in [6.45, 7) is 0. The molecule has 3 nitrogen and oxygen atoms in total. The molecule has 1 atom stereocenters. The molecule has 2 rings (SSSR count). The van der Waals surface area contributed by atoms with Crippen LogP contribution in [0.1, 0.15) is 22.9 Å². The van der Waals surface area contributed by atoms with Crippen LogP contribution in [0.15, 0.2) is 42.6 Å². The van der Waals surface area contributed by atoms with Crippen molar-refractivity contribution in [3.63, 3.8) is 0 Å². The molecule has 0 saturated heterocycles. The molecule has 0 bridgehead atoms. The van der Waals surface area contributed by atoms with Gasteiger partial charge in [-0.05, 0) is 29.8 Å². The highest BCUT2D eigenvalue weighted by atomic mass is 16.3. The zero-order valence-electron chi connectivity index (χ0n) is 8.01. The van der Waals surface area contributed by atoms with Gasteiger partial charge in [-0.15, -0.1) is 0 Å². The van der Waals surface area contributed by atoms with E-state index >= 15 is 0 Å². The van der Waals surface area contributed by atoms with Crippen molar-refractivity contribution in [2.75, 3.05) is 0 Å². The van der Waals surface area contributed by atoms with Crippen LogP contribution in [0.25, 0.3) is 0 Å². The Labute approximate surface area is 87.6 Å². The van der Waals surface area contributed by atoms with Crippen molar-refractivity contribution in [2.45, 2.75) is 6.10 Å². The zero-order chi connectivity index (χ0) is 10.7. The minimum atomic E-state index is -0.659. The van der Waals surface area contributed by atoms with E-state index in [0.717, 1.165) is 11.3 Å². The maximum Gasteiger partial charge on any atom is 0.119 e. The molecule has 2 aromatic rings. The summed E-state index contributed by atoms with van der Waals surface area (Å²) in [5, 5.41) is 18.6. The third-order valence-corrected chi connectivity index (χ3v) is 2.27. The molecule has 2 N–H and O–H groups in total. The van der Waals surface area contributed by atoms with Crippen LogP contribution in [0.2, 0.25) is 0 Å². The first-order valence-corrected chi connectivity index (χ1v) is 4.62. The van der Waals surface area contributed by atoms with E-state index in [9.17, 15) is 5.11 Å². The van der Waals surface area contributed by atoms with Gasteiger partial charge in [0, 0.05) is 11.9 Å². The van der Waals surface area contributed by atoms with Gasteiger partial charge in [0.05, 0.1) is 11.6 Å². The number of aliphatic hydroxyl groups excluding tert-OH is 1. The summed E-state index contributed by atoms with van der Waals surface area (Å²) in [7, 11) is 0. The predicted octanol–water partition coefficient (Wildman–Crippen LogP) is 1.97. The summed E-state index contributed by atoms with van der Waals surface area (Å²) in [6.07, 6.45) is 1.11. The number of rotatable bonds is 2. The lowest BCUT2D eigenvalue weighted by molar-refractivity contribution is 0.216. The van der Waals surface area contributed by atoms with Gasteiger partial charge < -0.3 is 10.1 Å². The molecule has 1 aromatic heterocycles. The van der Waals surface area contributed by atoms with E-state index in [2.05, 4.69) is 4.98 Å². The van der Waals surface area contributed by atoms with E-state index in [0.29, 0.717) is 5.56 Å². The lowest BCUT2D eigenvalue weighted by Crippen LogP contribution is -1.99. The summed E-state index contributed by atoms with van der Waals surface area (Å²) in [5.41, 5.74) is 2.12. The molecule has 0 aliphatic heterocycles. The maximum atomic E-state index is 9.93. The minimum Gasteiger partial charge on any atom is -0.382 e. The lowest BCUT2D eigenvalue weighted by Gasteiger charge is -2.08. The molecular formula is C12H10N2O. The molecule has 0 aliphatic carbocycles. The van der Waals surface area contributed by atoms with Crippen molar-refractivity contribution < 1.29 is 5.11 Å². The van der Waals surface area contributed by atoms with Crippen LogP contribution in [-0.2, 0) is 0 Å². The molecule has 1 unspecified atom stereocenters. The van der Waals surface area contributed by atoms with Crippen molar-refractivity contribution in [1.82, 2.24) is 4.98 Å². The second kappa shape index (κ2) is 3.99. The molecular weight excluding hydrogens is 188 g/mol. The highest BCUT2D eigenvalue weighted by Crippen LogP contribution is 2.20. The van der Waals surface area contributed by atoms with Gasteiger partial charge in [-0.25, -0.2) is 0 Å². The van der Waals surface area contributed by atoms with Crippen LogP contribution in [0.3, 0.4) is 0 Å². The Kier molecular flexibility index (Phi) is 2.53. The average Bonchev–Trinajstić information content (AvgIpc) is 2.82.